The summed E-state index contributed by atoms with van der Waals surface area (Å²) in [5, 5.41) is 23.1. The molecule has 0 saturated carbocycles. The number of aromatic nitrogens is 2. The van der Waals surface area contributed by atoms with Gasteiger partial charge in [0.2, 0.25) is 0 Å². The van der Waals surface area contributed by atoms with Crippen molar-refractivity contribution in [1.82, 2.24) is 9.13 Å². The molecule has 0 aliphatic carbocycles. The van der Waals surface area contributed by atoms with Crippen molar-refractivity contribution in [2.45, 2.75) is 0 Å². The molecule has 0 fully saturated rings. The van der Waals surface area contributed by atoms with Gasteiger partial charge < -0.3 is 4.57 Å². The number of nitrogens with one attached hydrogen (secondary N) is 1. The zero-order valence-electron chi connectivity index (χ0n) is 27.0. The summed E-state index contributed by atoms with van der Waals surface area (Å²) in [6, 6.07) is 57.8. The lowest BCUT2D eigenvalue weighted by Gasteiger charge is -2.09. The highest BCUT2D eigenvalue weighted by Gasteiger charge is 2.16. The monoisotopic (exact) mass is 639 g/mol. The molecule has 0 amide bonds. The Kier molecular flexibility index (Phi) is 6.93. The van der Waals surface area contributed by atoms with Crippen molar-refractivity contribution in [3.05, 3.63) is 180 Å². The van der Waals surface area contributed by atoms with Crippen LogP contribution in [-0.4, -0.2) is 21.2 Å². The van der Waals surface area contributed by atoms with Gasteiger partial charge in [0, 0.05) is 38.4 Å². The summed E-state index contributed by atoms with van der Waals surface area (Å²) >= 11 is 0. The van der Waals surface area contributed by atoms with E-state index in [0.717, 1.165) is 71.9 Å². The highest BCUT2D eigenvalue weighted by atomic mass is 15.0. The second kappa shape index (κ2) is 11.9. The second-order valence-electron chi connectivity index (χ2n) is 12.4. The molecule has 234 valence electrons. The molecule has 0 bridgehead atoms. The van der Waals surface area contributed by atoms with Crippen LogP contribution in [0.2, 0.25) is 0 Å². The molecule has 2 aromatic heterocycles. The summed E-state index contributed by atoms with van der Waals surface area (Å²) in [5.41, 5.74) is 11.0. The standard InChI is InChI=1S/C45H29N5/c46-28-30-11-10-14-34(25-30)50-43-20-9-6-16-36(43)39-27-33(22-24-44(39)50)32-21-23-42-38(26-32)35-15-5-8-19-41(35)49(42)29-48-40-18-7-4-17-37(40)45(47)31-12-2-1-3-13-31/h1-27,29,47H. The van der Waals surface area contributed by atoms with Crippen LogP contribution in [0.15, 0.2) is 169 Å². The minimum Gasteiger partial charge on any atom is -0.309 e. The molecule has 0 radical (unpaired) electrons. The van der Waals surface area contributed by atoms with E-state index in [4.69, 9.17) is 10.4 Å². The van der Waals surface area contributed by atoms with E-state index in [1.165, 1.54) is 5.39 Å². The Hall–Kier alpha value is -7.03. The number of nitrogens with zero attached hydrogens (tertiary/aromatic N) is 4. The number of rotatable bonds is 6. The third-order valence-corrected chi connectivity index (χ3v) is 9.50. The maximum atomic E-state index is 9.57. The van der Waals surface area contributed by atoms with Gasteiger partial charge >= 0.3 is 0 Å². The van der Waals surface area contributed by atoms with Gasteiger partial charge in [0.25, 0.3) is 0 Å². The highest BCUT2D eigenvalue weighted by Crippen LogP contribution is 2.37. The summed E-state index contributed by atoms with van der Waals surface area (Å²) in [4.78, 5) is 4.95. The fourth-order valence-electron chi connectivity index (χ4n) is 7.13. The van der Waals surface area contributed by atoms with E-state index in [9.17, 15) is 5.26 Å². The number of hydrogen-bond acceptors (Lipinski definition) is 3. The normalized spacial score (nSPS) is 11.6. The van der Waals surface area contributed by atoms with Crippen LogP contribution in [0.5, 0.6) is 0 Å². The van der Waals surface area contributed by atoms with Gasteiger partial charge in [0.05, 0.1) is 45.1 Å². The minimum atomic E-state index is 0.445. The van der Waals surface area contributed by atoms with Crippen LogP contribution in [0.1, 0.15) is 16.7 Å². The van der Waals surface area contributed by atoms with E-state index in [0.29, 0.717) is 11.3 Å². The lowest BCUT2D eigenvalue weighted by Crippen LogP contribution is -2.02. The average molecular weight is 640 g/mol. The first-order chi connectivity index (χ1) is 24.7. The molecule has 0 atom stereocenters. The van der Waals surface area contributed by atoms with Crippen molar-refractivity contribution >= 4 is 61.3 Å². The fourth-order valence-corrected chi connectivity index (χ4v) is 7.13. The van der Waals surface area contributed by atoms with E-state index in [2.05, 4.69) is 106 Å². The molecule has 0 unspecified atom stereocenters. The summed E-state index contributed by atoms with van der Waals surface area (Å²) in [6.07, 6.45) is 1.88. The minimum absolute atomic E-state index is 0.445. The van der Waals surface area contributed by atoms with Crippen molar-refractivity contribution in [3.63, 3.8) is 0 Å². The van der Waals surface area contributed by atoms with E-state index >= 15 is 0 Å². The van der Waals surface area contributed by atoms with Crippen molar-refractivity contribution in [2.75, 3.05) is 0 Å². The van der Waals surface area contributed by atoms with Gasteiger partial charge in [-0.3, -0.25) is 9.98 Å². The summed E-state index contributed by atoms with van der Waals surface area (Å²) in [7, 11) is 0. The topological polar surface area (TPSA) is 69.9 Å². The van der Waals surface area contributed by atoms with E-state index in [-0.39, 0.29) is 0 Å². The van der Waals surface area contributed by atoms with Gasteiger partial charge in [-0.25, -0.2) is 4.99 Å². The molecule has 5 heteroatoms. The zero-order valence-corrected chi connectivity index (χ0v) is 27.0. The number of nitriles is 1. The predicted octanol–water partition coefficient (Wildman–Crippen LogP) is 11.1. The quantitative estimate of drug-likeness (QED) is 0.143. The Labute approximate surface area is 288 Å². The number of para-hydroxylation sites is 3. The average Bonchev–Trinajstić information content (AvgIpc) is 3.69. The first-order valence-corrected chi connectivity index (χ1v) is 16.5. The molecule has 5 nitrogen and oxygen atoms in total. The van der Waals surface area contributed by atoms with Crippen molar-refractivity contribution in [2.24, 2.45) is 4.99 Å². The first kappa shape index (κ1) is 29.1. The molecule has 50 heavy (non-hydrogen) atoms. The predicted molar refractivity (Wildman–Crippen MR) is 206 cm³/mol. The maximum Gasteiger partial charge on any atom is 0.100 e. The van der Waals surface area contributed by atoms with Crippen LogP contribution < -0.4 is 0 Å². The molecule has 1 N–H and O–H groups in total. The Morgan fingerprint density at radius 3 is 1.94 bits per heavy atom. The van der Waals surface area contributed by atoms with E-state index < -0.39 is 0 Å². The summed E-state index contributed by atoms with van der Waals surface area (Å²) in [6.45, 7) is 0. The molecule has 9 rings (SSSR count). The van der Waals surface area contributed by atoms with Crippen LogP contribution in [0, 0.1) is 16.7 Å². The maximum absolute atomic E-state index is 9.57. The second-order valence-corrected chi connectivity index (χ2v) is 12.4. The third kappa shape index (κ3) is 4.78. The number of benzene rings is 7. The Morgan fingerprint density at radius 2 is 1.16 bits per heavy atom. The molecular formula is C45H29N5. The highest BCUT2D eigenvalue weighted by molar-refractivity contribution is 6.15. The number of aliphatic imine (C=N–C) groups is 1. The van der Waals surface area contributed by atoms with Crippen LogP contribution in [0.3, 0.4) is 0 Å². The molecule has 0 saturated heterocycles. The van der Waals surface area contributed by atoms with E-state index in [1.807, 2.05) is 79.1 Å². The Bertz CT molecular complexity index is 2850. The van der Waals surface area contributed by atoms with Crippen molar-refractivity contribution < 1.29 is 0 Å². The van der Waals surface area contributed by atoms with Crippen molar-refractivity contribution in [3.8, 4) is 22.9 Å². The molecule has 9 aromatic rings. The van der Waals surface area contributed by atoms with Gasteiger partial charge in [-0.15, -0.1) is 0 Å². The smallest absolute Gasteiger partial charge is 0.100 e. The fraction of sp³-hybridized carbons (Fsp3) is 0. The van der Waals surface area contributed by atoms with Gasteiger partial charge in [0.15, 0.2) is 0 Å². The van der Waals surface area contributed by atoms with Crippen LogP contribution in [-0.2, 0) is 0 Å². The zero-order chi connectivity index (χ0) is 33.6. The Balaban J connectivity index is 1.15. The lowest BCUT2D eigenvalue weighted by atomic mass is 10.0. The van der Waals surface area contributed by atoms with E-state index in [1.54, 1.807) is 0 Å². The van der Waals surface area contributed by atoms with Gasteiger partial charge in [-0.1, -0.05) is 103 Å². The molecular weight excluding hydrogens is 611 g/mol. The van der Waals surface area contributed by atoms with Gasteiger partial charge in [-0.05, 0) is 71.8 Å². The summed E-state index contributed by atoms with van der Waals surface area (Å²) in [5.74, 6) is 0. The Morgan fingerprint density at radius 1 is 0.560 bits per heavy atom. The van der Waals surface area contributed by atoms with Crippen molar-refractivity contribution in [1.29, 1.82) is 10.7 Å². The number of fused-ring (bicyclic) bond motifs is 6. The molecule has 0 spiro atoms. The lowest BCUT2D eigenvalue weighted by molar-refractivity contribution is 1.18. The molecule has 7 aromatic carbocycles. The number of hydrogen-bond donors (Lipinski definition) is 1. The first-order valence-electron chi connectivity index (χ1n) is 16.5. The third-order valence-electron chi connectivity index (χ3n) is 9.50. The van der Waals surface area contributed by atoms with Gasteiger partial charge in [-0.2, -0.15) is 5.26 Å². The summed E-state index contributed by atoms with van der Waals surface area (Å²) < 4.78 is 4.38. The van der Waals surface area contributed by atoms with Gasteiger partial charge in [0.1, 0.15) is 6.34 Å². The largest absolute Gasteiger partial charge is 0.309 e. The van der Waals surface area contributed by atoms with Crippen LogP contribution >= 0.6 is 0 Å². The van der Waals surface area contributed by atoms with Crippen LogP contribution in [0.25, 0.3) is 60.4 Å². The molecule has 0 aliphatic heterocycles. The SMILES string of the molecule is N#Cc1cccc(-n2c3ccccc3c3cc(-c4ccc5c(c4)c4ccccc4n5C=Nc4ccccc4C(=N)c4ccccc4)ccc32)c1. The molecule has 2 heterocycles. The van der Waals surface area contributed by atoms with Crippen LogP contribution in [0.4, 0.5) is 5.69 Å². The molecule has 0 aliphatic rings.